The summed E-state index contributed by atoms with van der Waals surface area (Å²) in [5, 5.41) is 12.8. The Morgan fingerprint density at radius 1 is 1.26 bits per heavy atom. The zero-order valence-electron chi connectivity index (χ0n) is 15.3. The predicted molar refractivity (Wildman–Crippen MR) is 98.7 cm³/mol. The van der Waals surface area contributed by atoms with E-state index in [0.717, 1.165) is 0 Å². The number of phenols is 1. The van der Waals surface area contributed by atoms with E-state index in [1.807, 2.05) is 0 Å². The van der Waals surface area contributed by atoms with Crippen molar-refractivity contribution >= 4 is 18.1 Å². The lowest BCUT2D eigenvalue weighted by Crippen LogP contribution is -2.35. The number of hydrogen-bond acceptors (Lipinski definition) is 7. The Morgan fingerprint density at radius 3 is 2.52 bits per heavy atom. The van der Waals surface area contributed by atoms with Crippen molar-refractivity contribution in [1.29, 1.82) is 0 Å². The van der Waals surface area contributed by atoms with E-state index in [9.17, 15) is 14.7 Å². The standard InChI is InChI=1S/C19H22N2O6/c1-4-27-19(24)20-14-7-9-21(10-8-14)16(18(23)26-3)11-13-5-6-15(25-2)12-17(13)22/h5-12,14,22H,4H2,1-3H3,(H,20,24)/b16-11+. The highest BCUT2D eigenvalue weighted by Gasteiger charge is 2.19. The third-order valence-corrected chi connectivity index (χ3v) is 3.67. The van der Waals surface area contributed by atoms with Gasteiger partial charge in [0.2, 0.25) is 0 Å². The predicted octanol–water partition coefficient (Wildman–Crippen LogP) is 2.37. The van der Waals surface area contributed by atoms with Gasteiger partial charge in [-0.1, -0.05) is 0 Å². The number of methoxy groups -OCH3 is 2. The van der Waals surface area contributed by atoms with Gasteiger partial charge in [-0.3, -0.25) is 0 Å². The number of ether oxygens (including phenoxy) is 3. The van der Waals surface area contributed by atoms with Crippen molar-refractivity contribution in [2.75, 3.05) is 20.8 Å². The maximum absolute atomic E-state index is 12.2. The molecule has 1 heterocycles. The number of aromatic hydroxyl groups is 1. The Morgan fingerprint density at radius 2 is 1.96 bits per heavy atom. The molecule has 2 N–H and O–H groups in total. The van der Waals surface area contributed by atoms with Gasteiger partial charge in [-0.15, -0.1) is 0 Å². The first-order valence-corrected chi connectivity index (χ1v) is 8.23. The highest BCUT2D eigenvalue weighted by molar-refractivity contribution is 5.94. The number of benzene rings is 1. The van der Waals surface area contributed by atoms with Crippen molar-refractivity contribution < 1.29 is 28.9 Å². The summed E-state index contributed by atoms with van der Waals surface area (Å²) in [4.78, 5) is 25.2. The highest BCUT2D eigenvalue weighted by atomic mass is 16.5. The van der Waals surface area contributed by atoms with Crippen LogP contribution in [-0.2, 0) is 14.3 Å². The van der Waals surface area contributed by atoms with Gasteiger partial charge < -0.3 is 29.5 Å². The summed E-state index contributed by atoms with van der Waals surface area (Å²) in [5.41, 5.74) is 0.602. The second kappa shape index (κ2) is 9.33. The highest BCUT2D eigenvalue weighted by Crippen LogP contribution is 2.27. The monoisotopic (exact) mass is 374 g/mol. The van der Waals surface area contributed by atoms with Gasteiger partial charge in [0.25, 0.3) is 0 Å². The molecule has 1 amide bonds. The van der Waals surface area contributed by atoms with Crippen LogP contribution in [0.4, 0.5) is 4.79 Å². The van der Waals surface area contributed by atoms with Crippen LogP contribution in [0.2, 0.25) is 0 Å². The SMILES string of the molecule is CCOC(=O)NC1C=CN(/C(=C/c2ccc(OC)cc2O)C(=O)OC)C=C1. The number of phenolic OH excluding ortho intramolecular Hbond substituents is 1. The van der Waals surface area contributed by atoms with Crippen molar-refractivity contribution in [3.63, 3.8) is 0 Å². The fourth-order valence-corrected chi connectivity index (χ4v) is 2.31. The first-order chi connectivity index (χ1) is 13.0. The minimum absolute atomic E-state index is 0.0393. The van der Waals surface area contributed by atoms with E-state index in [1.54, 1.807) is 43.6 Å². The van der Waals surface area contributed by atoms with Gasteiger partial charge in [0.05, 0.1) is 26.9 Å². The van der Waals surface area contributed by atoms with E-state index in [2.05, 4.69) is 5.32 Å². The molecule has 144 valence electrons. The number of alkyl carbamates (subject to hydrolysis) is 1. The molecule has 1 aliphatic rings. The molecule has 0 saturated carbocycles. The number of hydrogen-bond donors (Lipinski definition) is 2. The average Bonchev–Trinajstić information content (AvgIpc) is 2.67. The molecular formula is C19H22N2O6. The fourth-order valence-electron chi connectivity index (χ4n) is 2.31. The zero-order valence-corrected chi connectivity index (χ0v) is 15.3. The third kappa shape index (κ3) is 5.27. The second-order valence-corrected chi connectivity index (χ2v) is 5.43. The molecule has 0 aliphatic carbocycles. The average molecular weight is 374 g/mol. The number of carbonyl (C=O) groups is 2. The summed E-state index contributed by atoms with van der Waals surface area (Å²) in [6.07, 6.45) is 7.55. The minimum atomic E-state index is -0.587. The van der Waals surface area contributed by atoms with Gasteiger partial charge in [-0.25, -0.2) is 9.59 Å². The second-order valence-electron chi connectivity index (χ2n) is 5.43. The number of rotatable bonds is 6. The quantitative estimate of drug-likeness (QED) is 0.583. The Kier molecular flexibility index (Phi) is 6.87. The molecule has 0 fully saturated rings. The number of nitrogens with zero attached hydrogens (tertiary/aromatic N) is 1. The van der Waals surface area contributed by atoms with Crippen LogP contribution in [0.1, 0.15) is 12.5 Å². The molecular weight excluding hydrogens is 352 g/mol. The van der Waals surface area contributed by atoms with Crippen molar-refractivity contribution in [1.82, 2.24) is 10.2 Å². The van der Waals surface area contributed by atoms with E-state index < -0.39 is 12.1 Å². The van der Waals surface area contributed by atoms with Gasteiger partial charge in [0.1, 0.15) is 17.2 Å². The van der Waals surface area contributed by atoms with Gasteiger partial charge in [0.15, 0.2) is 0 Å². The van der Waals surface area contributed by atoms with Gasteiger partial charge in [-0.2, -0.15) is 0 Å². The lowest BCUT2D eigenvalue weighted by Gasteiger charge is -2.23. The van der Waals surface area contributed by atoms with E-state index in [0.29, 0.717) is 11.3 Å². The van der Waals surface area contributed by atoms with Crippen LogP contribution >= 0.6 is 0 Å². The number of esters is 1. The van der Waals surface area contributed by atoms with Crippen LogP contribution in [0.15, 0.2) is 48.4 Å². The number of nitrogens with one attached hydrogen (secondary N) is 1. The topological polar surface area (TPSA) is 97.3 Å². The minimum Gasteiger partial charge on any atom is -0.507 e. The summed E-state index contributed by atoms with van der Waals surface area (Å²) in [6, 6.07) is 4.37. The third-order valence-electron chi connectivity index (χ3n) is 3.67. The molecule has 0 saturated heterocycles. The number of carbonyl (C=O) groups excluding carboxylic acids is 2. The van der Waals surface area contributed by atoms with Gasteiger partial charge >= 0.3 is 12.1 Å². The Labute approximate surface area is 157 Å². The van der Waals surface area contributed by atoms with Crippen LogP contribution < -0.4 is 10.1 Å². The summed E-state index contributed by atoms with van der Waals surface area (Å²) >= 11 is 0. The largest absolute Gasteiger partial charge is 0.507 e. The molecule has 0 aromatic heterocycles. The van der Waals surface area contributed by atoms with Crippen molar-refractivity contribution in [3.05, 3.63) is 54.0 Å². The van der Waals surface area contributed by atoms with Crippen LogP contribution in [0.3, 0.4) is 0 Å². The molecule has 27 heavy (non-hydrogen) atoms. The molecule has 0 bridgehead atoms. The lowest BCUT2D eigenvalue weighted by atomic mass is 10.1. The van der Waals surface area contributed by atoms with Crippen LogP contribution in [0, 0.1) is 0 Å². The molecule has 0 spiro atoms. The van der Waals surface area contributed by atoms with Gasteiger partial charge in [-0.05, 0) is 37.3 Å². The van der Waals surface area contributed by atoms with Crippen LogP contribution in [0.5, 0.6) is 11.5 Å². The smallest absolute Gasteiger partial charge is 0.407 e. The summed E-state index contributed by atoms with van der Waals surface area (Å²) in [7, 11) is 2.76. The molecule has 1 aromatic rings. The van der Waals surface area contributed by atoms with Crippen molar-refractivity contribution in [3.8, 4) is 11.5 Å². The molecule has 0 unspecified atom stereocenters. The van der Waals surface area contributed by atoms with Crippen molar-refractivity contribution in [2.45, 2.75) is 13.0 Å². The normalized spacial score (nSPS) is 14.0. The zero-order chi connectivity index (χ0) is 19.8. The molecule has 8 nitrogen and oxygen atoms in total. The van der Waals surface area contributed by atoms with Gasteiger partial charge in [0, 0.05) is 24.0 Å². The molecule has 1 aliphatic heterocycles. The maximum atomic E-state index is 12.2. The Bertz CT molecular complexity index is 770. The van der Waals surface area contributed by atoms with Crippen LogP contribution in [-0.4, -0.2) is 48.9 Å². The molecule has 2 rings (SSSR count). The summed E-state index contributed by atoms with van der Waals surface area (Å²) in [5.74, 6) is -0.131. The molecule has 8 heteroatoms. The molecule has 0 atom stereocenters. The first kappa shape index (κ1) is 19.9. The van der Waals surface area contributed by atoms with E-state index in [4.69, 9.17) is 14.2 Å². The molecule has 0 radical (unpaired) electrons. The number of amides is 1. The first-order valence-electron chi connectivity index (χ1n) is 8.23. The van der Waals surface area contributed by atoms with Crippen LogP contribution in [0.25, 0.3) is 6.08 Å². The Balaban J connectivity index is 2.22. The fraction of sp³-hybridized carbons (Fsp3) is 0.263. The van der Waals surface area contributed by atoms with E-state index in [-0.39, 0.29) is 24.1 Å². The summed E-state index contributed by atoms with van der Waals surface area (Å²) < 4.78 is 14.7. The Hall–Kier alpha value is -3.42. The van der Waals surface area contributed by atoms with E-state index >= 15 is 0 Å². The van der Waals surface area contributed by atoms with Crippen molar-refractivity contribution in [2.24, 2.45) is 0 Å². The summed E-state index contributed by atoms with van der Waals surface area (Å²) in [6.45, 7) is 1.99. The maximum Gasteiger partial charge on any atom is 0.407 e. The lowest BCUT2D eigenvalue weighted by molar-refractivity contribution is -0.137. The van der Waals surface area contributed by atoms with E-state index in [1.165, 1.54) is 31.3 Å². The molecule has 1 aromatic carbocycles.